The van der Waals surface area contributed by atoms with Crippen LogP contribution in [0.3, 0.4) is 0 Å². The van der Waals surface area contributed by atoms with Gasteiger partial charge in [0.1, 0.15) is 5.03 Å². The van der Waals surface area contributed by atoms with Crippen molar-refractivity contribution in [1.29, 1.82) is 0 Å². The number of hydrogen-bond donors (Lipinski definition) is 1. The predicted molar refractivity (Wildman–Crippen MR) is 104 cm³/mol. The van der Waals surface area contributed by atoms with Gasteiger partial charge in [0.15, 0.2) is 0 Å². The number of hydrogen-bond acceptors (Lipinski definition) is 4. The normalized spacial score (nSPS) is 12.1. The SMILES string of the molecule is CCC(C)c1ccc(NC(=O)CSc2nncc3ccccc23)cc1. The highest BCUT2D eigenvalue weighted by atomic mass is 32.2. The number of carbonyl (C=O) groups is 1. The molecule has 0 fully saturated rings. The number of amides is 1. The van der Waals surface area contributed by atoms with E-state index in [-0.39, 0.29) is 5.91 Å². The number of carbonyl (C=O) groups excluding carboxylic acids is 1. The average molecular weight is 351 g/mol. The van der Waals surface area contributed by atoms with Crippen LogP contribution in [0.4, 0.5) is 5.69 Å². The first-order valence-electron chi connectivity index (χ1n) is 8.40. The monoisotopic (exact) mass is 351 g/mol. The number of anilines is 1. The zero-order valence-corrected chi connectivity index (χ0v) is 15.2. The number of thioether (sulfide) groups is 1. The van der Waals surface area contributed by atoms with Gasteiger partial charge in [-0.15, -0.1) is 5.10 Å². The second-order valence-corrected chi connectivity index (χ2v) is 6.97. The third kappa shape index (κ3) is 4.37. The van der Waals surface area contributed by atoms with Crippen LogP contribution in [0.2, 0.25) is 0 Å². The molecule has 2 aromatic carbocycles. The number of nitrogens with one attached hydrogen (secondary N) is 1. The highest BCUT2D eigenvalue weighted by Gasteiger charge is 2.09. The molecule has 0 bridgehead atoms. The number of rotatable bonds is 6. The zero-order chi connectivity index (χ0) is 17.6. The van der Waals surface area contributed by atoms with Crippen LogP contribution in [0.5, 0.6) is 0 Å². The second-order valence-electron chi connectivity index (χ2n) is 6.01. The number of benzene rings is 2. The van der Waals surface area contributed by atoms with E-state index in [4.69, 9.17) is 0 Å². The van der Waals surface area contributed by atoms with Crippen LogP contribution < -0.4 is 5.32 Å². The van der Waals surface area contributed by atoms with Gasteiger partial charge in [0.2, 0.25) is 5.91 Å². The minimum absolute atomic E-state index is 0.0453. The van der Waals surface area contributed by atoms with Gasteiger partial charge in [-0.1, -0.05) is 62.0 Å². The van der Waals surface area contributed by atoms with E-state index in [0.717, 1.165) is 27.9 Å². The van der Waals surface area contributed by atoms with Gasteiger partial charge in [0, 0.05) is 16.5 Å². The lowest BCUT2D eigenvalue weighted by molar-refractivity contribution is -0.113. The number of aromatic nitrogens is 2. The highest BCUT2D eigenvalue weighted by Crippen LogP contribution is 2.25. The molecule has 3 aromatic rings. The quantitative estimate of drug-likeness (QED) is 0.644. The Morgan fingerprint density at radius 1 is 1.16 bits per heavy atom. The molecule has 1 atom stereocenters. The molecular weight excluding hydrogens is 330 g/mol. The summed E-state index contributed by atoms with van der Waals surface area (Å²) in [6.45, 7) is 4.38. The van der Waals surface area contributed by atoms with E-state index < -0.39 is 0 Å². The summed E-state index contributed by atoms with van der Waals surface area (Å²) < 4.78 is 0. The summed E-state index contributed by atoms with van der Waals surface area (Å²) >= 11 is 1.40. The second kappa shape index (κ2) is 8.12. The van der Waals surface area contributed by atoms with Gasteiger partial charge in [0.05, 0.1) is 11.9 Å². The Hall–Kier alpha value is -2.40. The topological polar surface area (TPSA) is 54.9 Å². The van der Waals surface area contributed by atoms with E-state index in [2.05, 4.69) is 41.5 Å². The third-order valence-electron chi connectivity index (χ3n) is 4.25. The van der Waals surface area contributed by atoms with Gasteiger partial charge in [-0.25, -0.2) is 0 Å². The molecule has 1 unspecified atom stereocenters. The van der Waals surface area contributed by atoms with Gasteiger partial charge in [0.25, 0.3) is 0 Å². The van der Waals surface area contributed by atoms with Crippen LogP contribution in [0.15, 0.2) is 59.8 Å². The van der Waals surface area contributed by atoms with E-state index in [1.165, 1.54) is 17.3 Å². The van der Waals surface area contributed by atoms with Gasteiger partial charge in [-0.2, -0.15) is 5.10 Å². The molecule has 1 amide bonds. The van der Waals surface area contributed by atoms with E-state index in [1.54, 1.807) is 6.20 Å². The fourth-order valence-electron chi connectivity index (χ4n) is 2.57. The Bertz CT molecular complexity index is 859. The standard InChI is InChI=1S/C20H21N3OS/c1-3-14(2)15-8-10-17(11-9-15)22-19(24)13-25-20-18-7-5-4-6-16(18)12-21-23-20/h4-12,14H,3,13H2,1-2H3,(H,22,24). The van der Waals surface area contributed by atoms with E-state index in [0.29, 0.717) is 11.7 Å². The van der Waals surface area contributed by atoms with Crippen LogP contribution in [0.1, 0.15) is 31.7 Å². The third-order valence-corrected chi connectivity index (χ3v) is 5.23. The Kier molecular flexibility index (Phi) is 5.66. The van der Waals surface area contributed by atoms with Gasteiger partial charge in [-0.05, 0) is 30.0 Å². The minimum Gasteiger partial charge on any atom is -0.325 e. The van der Waals surface area contributed by atoms with E-state index in [9.17, 15) is 4.79 Å². The lowest BCUT2D eigenvalue weighted by Gasteiger charge is -2.10. The molecule has 1 N–H and O–H groups in total. The minimum atomic E-state index is -0.0453. The Morgan fingerprint density at radius 3 is 2.68 bits per heavy atom. The maximum atomic E-state index is 12.2. The van der Waals surface area contributed by atoms with Crippen LogP contribution >= 0.6 is 11.8 Å². The molecule has 0 saturated heterocycles. The number of nitrogens with zero attached hydrogens (tertiary/aromatic N) is 2. The van der Waals surface area contributed by atoms with Crippen molar-refractivity contribution in [3.63, 3.8) is 0 Å². The Labute approximate surface area is 152 Å². The van der Waals surface area contributed by atoms with Crippen molar-refractivity contribution >= 4 is 34.1 Å². The van der Waals surface area contributed by atoms with Crippen molar-refractivity contribution in [1.82, 2.24) is 10.2 Å². The summed E-state index contributed by atoms with van der Waals surface area (Å²) in [5, 5.41) is 13.9. The summed E-state index contributed by atoms with van der Waals surface area (Å²) in [5.41, 5.74) is 2.11. The van der Waals surface area contributed by atoms with Gasteiger partial charge in [-0.3, -0.25) is 4.79 Å². The first kappa shape index (κ1) is 17.4. The summed E-state index contributed by atoms with van der Waals surface area (Å²) in [5.74, 6) is 0.789. The molecular formula is C20H21N3OS. The van der Waals surface area contributed by atoms with Crippen molar-refractivity contribution in [2.75, 3.05) is 11.1 Å². The average Bonchev–Trinajstić information content (AvgIpc) is 2.66. The van der Waals surface area contributed by atoms with Crippen molar-refractivity contribution in [3.8, 4) is 0 Å². The molecule has 0 aliphatic rings. The van der Waals surface area contributed by atoms with Crippen LogP contribution in [0, 0.1) is 0 Å². The van der Waals surface area contributed by atoms with Crippen molar-refractivity contribution in [3.05, 3.63) is 60.3 Å². The Balaban J connectivity index is 1.61. The largest absolute Gasteiger partial charge is 0.325 e. The smallest absolute Gasteiger partial charge is 0.234 e. The highest BCUT2D eigenvalue weighted by molar-refractivity contribution is 8.00. The summed E-state index contributed by atoms with van der Waals surface area (Å²) in [7, 11) is 0. The molecule has 1 aromatic heterocycles. The maximum Gasteiger partial charge on any atom is 0.234 e. The fourth-order valence-corrected chi connectivity index (χ4v) is 3.36. The fraction of sp³-hybridized carbons (Fsp3) is 0.250. The first-order valence-corrected chi connectivity index (χ1v) is 9.39. The van der Waals surface area contributed by atoms with Crippen molar-refractivity contribution < 1.29 is 4.79 Å². The first-order chi connectivity index (χ1) is 12.2. The van der Waals surface area contributed by atoms with Crippen molar-refractivity contribution in [2.24, 2.45) is 0 Å². The molecule has 1 heterocycles. The lowest BCUT2D eigenvalue weighted by atomic mass is 9.99. The molecule has 0 aliphatic carbocycles. The van der Waals surface area contributed by atoms with Gasteiger partial charge >= 0.3 is 0 Å². The zero-order valence-electron chi connectivity index (χ0n) is 14.4. The lowest BCUT2D eigenvalue weighted by Crippen LogP contribution is -2.14. The summed E-state index contributed by atoms with van der Waals surface area (Å²) in [4.78, 5) is 12.2. The van der Waals surface area contributed by atoms with Crippen LogP contribution in [-0.2, 0) is 4.79 Å². The molecule has 3 rings (SSSR count). The summed E-state index contributed by atoms with van der Waals surface area (Å²) in [6, 6.07) is 16.0. The molecule has 0 spiro atoms. The summed E-state index contributed by atoms with van der Waals surface area (Å²) in [6.07, 6.45) is 2.84. The van der Waals surface area contributed by atoms with Crippen LogP contribution in [0.25, 0.3) is 10.8 Å². The predicted octanol–water partition coefficient (Wildman–Crippen LogP) is 4.87. The van der Waals surface area contributed by atoms with Crippen molar-refractivity contribution in [2.45, 2.75) is 31.2 Å². The molecule has 4 nitrogen and oxygen atoms in total. The number of fused-ring (bicyclic) bond motifs is 1. The Morgan fingerprint density at radius 2 is 1.92 bits per heavy atom. The molecule has 0 saturated carbocycles. The molecule has 0 radical (unpaired) electrons. The molecule has 0 aliphatic heterocycles. The van der Waals surface area contributed by atoms with Crippen LogP contribution in [-0.4, -0.2) is 21.9 Å². The van der Waals surface area contributed by atoms with E-state index >= 15 is 0 Å². The molecule has 128 valence electrons. The van der Waals surface area contributed by atoms with Gasteiger partial charge < -0.3 is 5.32 Å². The van der Waals surface area contributed by atoms with E-state index in [1.807, 2.05) is 36.4 Å². The maximum absolute atomic E-state index is 12.2. The molecule has 25 heavy (non-hydrogen) atoms. The molecule has 5 heteroatoms.